The van der Waals surface area contributed by atoms with Gasteiger partial charge in [0.25, 0.3) is 0 Å². The maximum atomic E-state index is 5.67. The summed E-state index contributed by atoms with van der Waals surface area (Å²) < 4.78 is 16.4. The maximum Gasteiger partial charge on any atom is 0.229 e. The first-order chi connectivity index (χ1) is 14.0. The summed E-state index contributed by atoms with van der Waals surface area (Å²) in [5, 5.41) is 6.51. The number of hydrogen-bond donors (Lipinski definition) is 2. The molecule has 0 amide bonds. The predicted octanol–water partition coefficient (Wildman–Crippen LogP) is 5.08. The van der Waals surface area contributed by atoms with E-state index in [2.05, 4.69) is 20.6 Å². The summed E-state index contributed by atoms with van der Waals surface area (Å²) in [6.07, 6.45) is 0.137. The van der Waals surface area contributed by atoms with Gasteiger partial charge in [-0.3, -0.25) is 0 Å². The summed E-state index contributed by atoms with van der Waals surface area (Å²) in [4.78, 5) is 9.03. The predicted molar refractivity (Wildman–Crippen MR) is 115 cm³/mol. The van der Waals surface area contributed by atoms with Crippen LogP contribution in [0.25, 0.3) is 0 Å². The number of anilines is 4. The molecule has 2 N–H and O–H groups in total. The number of aryl methyl sites for hydroxylation is 1. The Morgan fingerprint density at radius 3 is 2.21 bits per heavy atom. The van der Waals surface area contributed by atoms with Crippen LogP contribution in [0, 0.1) is 6.92 Å². The molecule has 0 saturated heterocycles. The molecule has 3 aromatic rings. The van der Waals surface area contributed by atoms with E-state index >= 15 is 0 Å². The van der Waals surface area contributed by atoms with Crippen LogP contribution in [0.5, 0.6) is 17.2 Å². The van der Waals surface area contributed by atoms with Gasteiger partial charge in [0.05, 0.1) is 26.0 Å². The number of nitrogens with zero attached hydrogens (tertiary/aromatic N) is 2. The lowest BCUT2D eigenvalue weighted by molar-refractivity contribution is 0.242. The Labute approximate surface area is 171 Å². The molecule has 152 valence electrons. The number of hydrogen-bond acceptors (Lipinski definition) is 7. The van der Waals surface area contributed by atoms with Crippen molar-refractivity contribution in [3.63, 3.8) is 0 Å². The largest absolute Gasteiger partial charge is 0.497 e. The van der Waals surface area contributed by atoms with Crippen LogP contribution in [0.2, 0.25) is 0 Å². The maximum absolute atomic E-state index is 5.67. The first-order valence-corrected chi connectivity index (χ1v) is 9.35. The summed E-state index contributed by atoms with van der Waals surface area (Å²) in [5.74, 6) is 3.36. The number of nitrogens with one attached hydrogen (secondary N) is 2. The lowest BCUT2D eigenvalue weighted by Gasteiger charge is -2.14. The number of ether oxygens (including phenoxy) is 3. The van der Waals surface area contributed by atoms with Crippen molar-refractivity contribution in [3.8, 4) is 17.2 Å². The highest BCUT2D eigenvalue weighted by Gasteiger charge is 2.09. The SMILES string of the molecule is COc1ccc(Nc2cc(C)nc(Nc3ccc(OC(C)C)cc3)n2)c(OC)c1. The van der Waals surface area contributed by atoms with E-state index in [4.69, 9.17) is 14.2 Å². The van der Waals surface area contributed by atoms with Crippen molar-refractivity contribution < 1.29 is 14.2 Å². The van der Waals surface area contributed by atoms with Gasteiger partial charge in [-0.25, -0.2) is 4.98 Å². The standard InChI is InChI=1S/C22H26N4O3/c1-14(2)29-17-8-6-16(7-9-17)24-22-23-15(3)12-21(26-22)25-19-11-10-18(27-4)13-20(19)28-5/h6-14H,1-5H3,(H2,23,24,25,26). The average molecular weight is 394 g/mol. The summed E-state index contributed by atoms with van der Waals surface area (Å²) in [6.45, 7) is 5.92. The third-order valence-electron chi connectivity index (χ3n) is 4.01. The molecule has 3 rings (SSSR count). The highest BCUT2D eigenvalue weighted by Crippen LogP contribution is 2.31. The molecule has 0 unspecified atom stereocenters. The monoisotopic (exact) mass is 394 g/mol. The van der Waals surface area contributed by atoms with Gasteiger partial charge < -0.3 is 24.8 Å². The van der Waals surface area contributed by atoms with Crippen molar-refractivity contribution in [2.45, 2.75) is 26.9 Å². The molecule has 2 aromatic carbocycles. The molecule has 7 heteroatoms. The summed E-state index contributed by atoms with van der Waals surface area (Å²) in [6, 6.07) is 15.1. The Morgan fingerprint density at radius 1 is 0.828 bits per heavy atom. The molecule has 0 spiro atoms. The molecule has 0 bridgehead atoms. The van der Waals surface area contributed by atoms with E-state index in [-0.39, 0.29) is 6.10 Å². The lowest BCUT2D eigenvalue weighted by atomic mass is 10.2. The molecule has 1 aromatic heterocycles. The van der Waals surface area contributed by atoms with Crippen LogP contribution in [0.3, 0.4) is 0 Å². The van der Waals surface area contributed by atoms with Gasteiger partial charge in [-0.2, -0.15) is 4.98 Å². The first kappa shape index (κ1) is 20.3. The normalized spacial score (nSPS) is 10.6. The third-order valence-corrected chi connectivity index (χ3v) is 4.01. The van der Waals surface area contributed by atoms with E-state index in [0.717, 1.165) is 28.6 Å². The van der Waals surface area contributed by atoms with E-state index in [9.17, 15) is 0 Å². The highest BCUT2D eigenvalue weighted by atomic mass is 16.5. The van der Waals surface area contributed by atoms with Crippen molar-refractivity contribution in [2.75, 3.05) is 24.9 Å². The van der Waals surface area contributed by atoms with Crippen LogP contribution in [-0.2, 0) is 0 Å². The Balaban J connectivity index is 1.78. The van der Waals surface area contributed by atoms with Gasteiger partial charge in [0.1, 0.15) is 23.1 Å². The smallest absolute Gasteiger partial charge is 0.229 e. The summed E-state index contributed by atoms with van der Waals surface area (Å²) in [5.41, 5.74) is 2.49. The van der Waals surface area contributed by atoms with Crippen LogP contribution in [0.1, 0.15) is 19.5 Å². The minimum atomic E-state index is 0.137. The van der Waals surface area contributed by atoms with E-state index < -0.39 is 0 Å². The molecule has 0 fully saturated rings. The summed E-state index contributed by atoms with van der Waals surface area (Å²) in [7, 11) is 3.24. The minimum absolute atomic E-state index is 0.137. The van der Waals surface area contributed by atoms with Crippen LogP contribution in [0.4, 0.5) is 23.1 Å². The molecule has 0 radical (unpaired) electrons. The molecule has 0 aliphatic carbocycles. The number of aromatic nitrogens is 2. The quantitative estimate of drug-likeness (QED) is 0.552. The van der Waals surface area contributed by atoms with E-state index in [0.29, 0.717) is 17.5 Å². The third kappa shape index (κ3) is 5.51. The zero-order valence-electron chi connectivity index (χ0n) is 17.3. The molecule has 1 heterocycles. The van der Waals surface area contributed by atoms with Crippen LogP contribution in [0.15, 0.2) is 48.5 Å². The lowest BCUT2D eigenvalue weighted by Crippen LogP contribution is -2.05. The van der Waals surface area contributed by atoms with Gasteiger partial charge in [0, 0.05) is 23.5 Å². The van der Waals surface area contributed by atoms with E-state index in [1.165, 1.54) is 0 Å². The summed E-state index contributed by atoms with van der Waals surface area (Å²) >= 11 is 0. The first-order valence-electron chi connectivity index (χ1n) is 9.35. The van der Waals surface area contributed by atoms with Crippen molar-refractivity contribution in [2.24, 2.45) is 0 Å². The van der Waals surface area contributed by atoms with Crippen molar-refractivity contribution >= 4 is 23.1 Å². The zero-order chi connectivity index (χ0) is 20.8. The van der Waals surface area contributed by atoms with Gasteiger partial charge in [-0.1, -0.05) is 0 Å². The van der Waals surface area contributed by atoms with Gasteiger partial charge in [-0.05, 0) is 57.2 Å². The fourth-order valence-electron chi connectivity index (χ4n) is 2.75. The number of rotatable bonds is 8. The van der Waals surface area contributed by atoms with Gasteiger partial charge in [0.15, 0.2) is 0 Å². The average Bonchev–Trinajstić information content (AvgIpc) is 2.69. The topological polar surface area (TPSA) is 77.5 Å². The molecule has 0 aliphatic heterocycles. The minimum Gasteiger partial charge on any atom is -0.497 e. The molecule has 0 aliphatic rings. The number of methoxy groups -OCH3 is 2. The van der Waals surface area contributed by atoms with Crippen LogP contribution < -0.4 is 24.8 Å². The molecule has 7 nitrogen and oxygen atoms in total. The highest BCUT2D eigenvalue weighted by molar-refractivity contribution is 5.67. The Morgan fingerprint density at radius 2 is 1.55 bits per heavy atom. The zero-order valence-corrected chi connectivity index (χ0v) is 17.3. The van der Waals surface area contributed by atoms with E-state index in [1.54, 1.807) is 14.2 Å². The van der Waals surface area contributed by atoms with Gasteiger partial charge in [0.2, 0.25) is 5.95 Å². The van der Waals surface area contributed by atoms with Gasteiger partial charge >= 0.3 is 0 Å². The molecular formula is C22H26N4O3. The van der Waals surface area contributed by atoms with Crippen molar-refractivity contribution in [1.82, 2.24) is 9.97 Å². The fraction of sp³-hybridized carbons (Fsp3) is 0.273. The molecule has 0 saturated carbocycles. The molecular weight excluding hydrogens is 368 g/mol. The second kappa shape index (κ2) is 9.14. The second-order valence-electron chi connectivity index (χ2n) is 6.73. The molecule has 0 atom stereocenters. The Bertz CT molecular complexity index is 959. The molecule has 29 heavy (non-hydrogen) atoms. The van der Waals surface area contributed by atoms with Crippen LogP contribution in [-0.4, -0.2) is 30.3 Å². The van der Waals surface area contributed by atoms with Gasteiger partial charge in [-0.15, -0.1) is 0 Å². The van der Waals surface area contributed by atoms with Crippen LogP contribution >= 0.6 is 0 Å². The Kier molecular flexibility index (Phi) is 6.39. The van der Waals surface area contributed by atoms with Crippen molar-refractivity contribution in [3.05, 3.63) is 54.2 Å². The fourth-order valence-corrected chi connectivity index (χ4v) is 2.75. The second-order valence-corrected chi connectivity index (χ2v) is 6.73. The number of benzene rings is 2. The Hall–Kier alpha value is -3.48. The van der Waals surface area contributed by atoms with Crippen molar-refractivity contribution in [1.29, 1.82) is 0 Å². The van der Waals surface area contributed by atoms with E-state index in [1.807, 2.05) is 69.3 Å².